The van der Waals surface area contributed by atoms with Crippen LogP contribution in [0.4, 0.5) is 11.6 Å². The molecule has 0 saturated carbocycles. The molecule has 0 unspecified atom stereocenters. The fourth-order valence-corrected chi connectivity index (χ4v) is 4.90. The van der Waals surface area contributed by atoms with Crippen molar-refractivity contribution in [3.63, 3.8) is 0 Å². The van der Waals surface area contributed by atoms with Gasteiger partial charge >= 0.3 is 0 Å². The molecule has 1 amide bonds. The molecular weight excluding hydrogens is 476 g/mol. The Labute approximate surface area is 203 Å². The van der Waals surface area contributed by atoms with Gasteiger partial charge in [0.05, 0.1) is 24.4 Å². The Kier molecular flexibility index (Phi) is 8.00. The third-order valence-corrected chi connectivity index (χ3v) is 7.11. The Bertz CT molecular complexity index is 1260. The Morgan fingerprint density at radius 1 is 0.941 bits per heavy atom. The lowest BCUT2D eigenvalue weighted by molar-refractivity contribution is -0.115. The number of anilines is 2. The molecule has 11 heteroatoms. The summed E-state index contributed by atoms with van der Waals surface area (Å²) in [6, 6.07) is 13.1. The van der Waals surface area contributed by atoms with E-state index in [0.29, 0.717) is 28.6 Å². The van der Waals surface area contributed by atoms with Gasteiger partial charge in [-0.1, -0.05) is 0 Å². The highest BCUT2D eigenvalue weighted by atomic mass is 32.2. The number of rotatable bonds is 9. The first-order chi connectivity index (χ1) is 16.1. The monoisotopic (exact) mass is 502 g/mol. The quantitative estimate of drug-likeness (QED) is 0.421. The minimum Gasteiger partial charge on any atom is -0.493 e. The summed E-state index contributed by atoms with van der Waals surface area (Å²) in [4.78, 5) is 21.7. The summed E-state index contributed by atoms with van der Waals surface area (Å²) < 4.78 is 38.2. The zero-order chi connectivity index (χ0) is 24.9. The van der Waals surface area contributed by atoms with E-state index in [1.165, 1.54) is 36.0 Å². The maximum atomic E-state index is 12.7. The van der Waals surface area contributed by atoms with Crippen LogP contribution in [-0.2, 0) is 14.8 Å². The molecule has 3 aromatic rings. The smallest absolute Gasteiger partial charge is 0.264 e. The zero-order valence-electron chi connectivity index (χ0n) is 19.4. The van der Waals surface area contributed by atoms with Gasteiger partial charge < -0.3 is 14.8 Å². The highest BCUT2D eigenvalue weighted by molar-refractivity contribution is 8.00. The lowest BCUT2D eigenvalue weighted by Gasteiger charge is -2.14. The number of hydrogen-bond acceptors (Lipinski definition) is 8. The van der Waals surface area contributed by atoms with Crippen LogP contribution in [0.25, 0.3) is 0 Å². The molecule has 1 aromatic heterocycles. The number of nitrogens with zero attached hydrogens (tertiary/aromatic N) is 2. The molecule has 0 aliphatic rings. The first-order valence-electron chi connectivity index (χ1n) is 10.3. The molecule has 3 rings (SSSR count). The second-order valence-corrected chi connectivity index (χ2v) is 10.5. The summed E-state index contributed by atoms with van der Waals surface area (Å²) in [5.74, 6) is 0.974. The summed E-state index contributed by atoms with van der Waals surface area (Å²) in [6.45, 7) is 5.30. The molecule has 0 radical (unpaired) electrons. The normalized spacial score (nSPS) is 12.0. The molecule has 1 heterocycles. The van der Waals surface area contributed by atoms with E-state index in [9.17, 15) is 13.2 Å². The van der Waals surface area contributed by atoms with Gasteiger partial charge in [0, 0.05) is 22.0 Å². The number of benzene rings is 2. The van der Waals surface area contributed by atoms with Crippen molar-refractivity contribution in [3.8, 4) is 11.5 Å². The van der Waals surface area contributed by atoms with E-state index in [1.807, 2.05) is 6.07 Å². The number of carbonyl (C=O) groups is 1. The second-order valence-electron chi connectivity index (χ2n) is 7.37. The average molecular weight is 503 g/mol. The van der Waals surface area contributed by atoms with Crippen LogP contribution >= 0.6 is 11.8 Å². The van der Waals surface area contributed by atoms with E-state index >= 15 is 0 Å². The van der Waals surface area contributed by atoms with E-state index in [4.69, 9.17) is 9.47 Å². The maximum absolute atomic E-state index is 12.7. The highest BCUT2D eigenvalue weighted by Crippen LogP contribution is 2.33. The lowest BCUT2D eigenvalue weighted by atomic mass is 10.3. The lowest BCUT2D eigenvalue weighted by Crippen LogP contribution is -2.22. The average Bonchev–Trinajstić information content (AvgIpc) is 2.78. The van der Waals surface area contributed by atoms with E-state index < -0.39 is 15.3 Å². The number of ether oxygens (including phenoxy) is 2. The second kappa shape index (κ2) is 10.7. The largest absolute Gasteiger partial charge is 0.493 e. The van der Waals surface area contributed by atoms with E-state index in [1.54, 1.807) is 53.2 Å². The Hall–Kier alpha value is -3.31. The molecule has 2 aromatic carbocycles. The Morgan fingerprint density at radius 2 is 1.56 bits per heavy atom. The third-order valence-electron chi connectivity index (χ3n) is 4.68. The van der Waals surface area contributed by atoms with Crippen LogP contribution in [0, 0.1) is 13.8 Å². The zero-order valence-corrected chi connectivity index (χ0v) is 21.1. The summed E-state index contributed by atoms with van der Waals surface area (Å²) in [5.41, 5.74) is 1.79. The van der Waals surface area contributed by atoms with E-state index in [-0.39, 0.29) is 16.8 Å². The molecular formula is C23H26N4O5S2. The van der Waals surface area contributed by atoms with Crippen LogP contribution in [0.1, 0.15) is 18.3 Å². The molecule has 0 aliphatic heterocycles. The number of hydrogen-bond donors (Lipinski definition) is 2. The van der Waals surface area contributed by atoms with Gasteiger partial charge in [0.15, 0.2) is 11.5 Å². The molecule has 0 bridgehead atoms. The number of thioether (sulfide) groups is 1. The molecule has 2 N–H and O–H groups in total. The van der Waals surface area contributed by atoms with Gasteiger partial charge in [0.1, 0.15) is 0 Å². The van der Waals surface area contributed by atoms with Gasteiger partial charge in [-0.2, -0.15) is 0 Å². The van der Waals surface area contributed by atoms with E-state index in [2.05, 4.69) is 20.0 Å². The summed E-state index contributed by atoms with van der Waals surface area (Å²) >= 11 is 1.36. The van der Waals surface area contributed by atoms with Crippen molar-refractivity contribution in [1.29, 1.82) is 0 Å². The minimum atomic E-state index is -3.88. The number of sulfonamides is 1. The number of methoxy groups -OCH3 is 2. The number of carbonyl (C=O) groups excluding carboxylic acids is 1. The molecule has 180 valence electrons. The standard InChI is InChI=1S/C23H26N4O5S2/c1-14-12-15(2)25-23(24-14)27-34(29,30)19-9-6-17(7-10-19)26-22(28)16(3)33-18-8-11-20(31-4)21(13-18)32-5/h6-13,16H,1-5H3,(H,26,28)(H,24,25,27)/t16-/m0/s1. The predicted molar refractivity (Wildman–Crippen MR) is 132 cm³/mol. The predicted octanol–water partition coefficient (Wildman–Crippen LogP) is 4.03. The van der Waals surface area contributed by atoms with Gasteiger partial charge in [0.2, 0.25) is 11.9 Å². The van der Waals surface area contributed by atoms with Gasteiger partial charge in [0.25, 0.3) is 10.0 Å². The van der Waals surface area contributed by atoms with E-state index in [0.717, 1.165) is 4.90 Å². The van der Waals surface area contributed by atoms with Crippen molar-refractivity contribution in [3.05, 3.63) is 59.9 Å². The molecule has 9 nitrogen and oxygen atoms in total. The van der Waals surface area contributed by atoms with Crippen LogP contribution in [0.5, 0.6) is 11.5 Å². The highest BCUT2D eigenvalue weighted by Gasteiger charge is 2.18. The minimum absolute atomic E-state index is 0.0101. The molecule has 0 saturated heterocycles. The van der Waals surface area contributed by atoms with Crippen molar-refractivity contribution >= 4 is 39.3 Å². The van der Waals surface area contributed by atoms with Crippen LogP contribution in [0.2, 0.25) is 0 Å². The van der Waals surface area contributed by atoms with Crippen molar-refractivity contribution < 1.29 is 22.7 Å². The Morgan fingerprint density at radius 3 is 2.15 bits per heavy atom. The van der Waals surface area contributed by atoms with Crippen LogP contribution < -0.4 is 19.5 Å². The number of amides is 1. The van der Waals surface area contributed by atoms with Gasteiger partial charge in [-0.15, -0.1) is 11.8 Å². The number of aryl methyl sites for hydroxylation is 2. The molecule has 0 spiro atoms. The molecule has 34 heavy (non-hydrogen) atoms. The summed E-state index contributed by atoms with van der Waals surface area (Å²) in [7, 11) is -0.763. The SMILES string of the molecule is COc1ccc(S[C@@H](C)C(=O)Nc2ccc(S(=O)(=O)Nc3nc(C)cc(C)n3)cc2)cc1OC. The van der Waals surface area contributed by atoms with Crippen LogP contribution in [0.15, 0.2) is 58.3 Å². The van der Waals surface area contributed by atoms with Crippen molar-refractivity contribution in [2.75, 3.05) is 24.3 Å². The number of aromatic nitrogens is 2. The number of nitrogens with one attached hydrogen (secondary N) is 2. The van der Waals surface area contributed by atoms with Gasteiger partial charge in [-0.25, -0.2) is 23.1 Å². The van der Waals surface area contributed by atoms with Crippen LogP contribution in [0.3, 0.4) is 0 Å². The third kappa shape index (κ3) is 6.39. The molecule has 1 atom stereocenters. The van der Waals surface area contributed by atoms with Crippen LogP contribution in [-0.4, -0.2) is 43.8 Å². The first-order valence-corrected chi connectivity index (χ1v) is 12.6. The van der Waals surface area contributed by atoms with Crippen molar-refractivity contribution in [2.45, 2.75) is 35.8 Å². The van der Waals surface area contributed by atoms with Gasteiger partial charge in [-0.05, 0) is 69.3 Å². The topological polar surface area (TPSA) is 120 Å². The fraction of sp³-hybridized carbons (Fsp3) is 0.261. The van der Waals surface area contributed by atoms with Gasteiger partial charge in [-0.3, -0.25) is 4.79 Å². The fourth-order valence-electron chi connectivity index (χ4n) is 3.06. The molecule has 0 aliphatic carbocycles. The van der Waals surface area contributed by atoms with Crippen molar-refractivity contribution in [1.82, 2.24) is 9.97 Å². The van der Waals surface area contributed by atoms with Crippen molar-refractivity contribution in [2.24, 2.45) is 0 Å². The summed E-state index contributed by atoms with van der Waals surface area (Å²) in [6.07, 6.45) is 0. The first kappa shape index (κ1) is 25.3. The maximum Gasteiger partial charge on any atom is 0.264 e. The Balaban J connectivity index is 1.64. The summed E-state index contributed by atoms with van der Waals surface area (Å²) in [5, 5.41) is 2.39. The molecule has 0 fully saturated rings.